The highest BCUT2D eigenvalue weighted by Gasteiger charge is 2.16. The van der Waals surface area contributed by atoms with Crippen LogP contribution in [0.3, 0.4) is 0 Å². The van der Waals surface area contributed by atoms with E-state index in [1.54, 1.807) is 17.4 Å². The molecule has 0 fully saturated rings. The monoisotopic (exact) mass is 412 g/mol. The summed E-state index contributed by atoms with van der Waals surface area (Å²) >= 11 is 8.78. The van der Waals surface area contributed by atoms with Gasteiger partial charge in [-0.25, -0.2) is 18.1 Å². The van der Waals surface area contributed by atoms with Crippen LogP contribution in [0.5, 0.6) is 0 Å². The van der Waals surface area contributed by atoms with Crippen LogP contribution in [0.15, 0.2) is 40.6 Å². The fraction of sp³-hybridized carbons (Fsp3) is 0.235. The van der Waals surface area contributed by atoms with E-state index in [0.29, 0.717) is 22.2 Å². The summed E-state index contributed by atoms with van der Waals surface area (Å²) in [5.41, 5.74) is 1.94. The second-order valence-corrected chi connectivity index (χ2v) is 10.3. The first kappa shape index (κ1) is 18.5. The number of halogens is 1. The zero-order valence-electron chi connectivity index (χ0n) is 13.7. The summed E-state index contributed by atoms with van der Waals surface area (Å²) in [6.07, 6.45) is 0.612. The van der Waals surface area contributed by atoms with Crippen LogP contribution in [-0.2, 0) is 16.4 Å². The van der Waals surface area contributed by atoms with Crippen LogP contribution in [0.25, 0.3) is 10.6 Å². The van der Waals surface area contributed by atoms with Gasteiger partial charge in [0.15, 0.2) is 0 Å². The van der Waals surface area contributed by atoms with Crippen molar-refractivity contribution in [2.75, 3.05) is 6.54 Å². The van der Waals surface area contributed by atoms with Crippen LogP contribution < -0.4 is 4.72 Å². The molecule has 0 radical (unpaired) electrons. The SMILES string of the molecule is Cc1ccc(S(=O)(=O)NCCc2sc(-c3ccc(Cl)cc3)nc2C)s1. The van der Waals surface area contributed by atoms with Crippen molar-refractivity contribution in [1.29, 1.82) is 0 Å². The minimum atomic E-state index is -3.43. The fourth-order valence-corrected chi connectivity index (χ4v) is 5.86. The average Bonchev–Trinajstić information content (AvgIpc) is 3.15. The average molecular weight is 413 g/mol. The van der Waals surface area contributed by atoms with E-state index >= 15 is 0 Å². The van der Waals surface area contributed by atoms with Crippen molar-refractivity contribution in [1.82, 2.24) is 9.71 Å². The maximum absolute atomic E-state index is 12.3. The smallest absolute Gasteiger partial charge is 0.241 e. The van der Waals surface area contributed by atoms with Gasteiger partial charge in [0.1, 0.15) is 9.22 Å². The van der Waals surface area contributed by atoms with Crippen molar-refractivity contribution in [2.45, 2.75) is 24.5 Å². The molecule has 0 bridgehead atoms. The highest BCUT2D eigenvalue weighted by molar-refractivity contribution is 7.91. The molecule has 0 saturated carbocycles. The zero-order valence-corrected chi connectivity index (χ0v) is 17.0. The van der Waals surface area contributed by atoms with Crippen molar-refractivity contribution in [3.05, 3.63) is 56.9 Å². The van der Waals surface area contributed by atoms with Crippen molar-refractivity contribution in [2.24, 2.45) is 0 Å². The summed E-state index contributed by atoms with van der Waals surface area (Å²) in [5, 5.41) is 1.61. The summed E-state index contributed by atoms with van der Waals surface area (Å²) in [6.45, 7) is 4.19. The van der Waals surface area contributed by atoms with Gasteiger partial charge in [0.25, 0.3) is 0 Å². The van der Waals surface area contributed by atoms with Crippen LogP contribution in [0.2, 0.25) is 5.02 Å². The second-order valence-electron chi connectivity index (χ2n) is 5.55. The van der Waals surface area contributed by atoms with Crippen LogP contribution in [-0.4, -0.2) is 19.9 Å². The van der Waals surface area contributed by atoms with E-state index in [1.165, 1.54) is 11.3 Å². The number of benzene rings is 1. The molecule has 1 aromatic carbocycles. The topological polar surface area (TPSA) is 59.1 Å². The molecule has 1 N–H and O–H groups in total. The molecule has 4 nitrogen and oxygen atoms in total. The van der Waals surface area contributed by atoms with E-state index in [2.05, 4.69) is 9.71 Å². The standard InChI is InChI=1S/C17H17ClN2O2S3/c1-11-3-8-16(23-11)25(21,22)19-10-9-15-12(2)20-17(24-15)13-4-6-14(18)7-5-13/h3-8,19H,9-10H2,1-2H3. The summed E-state index contributed by atoms with van der Waals surface area (Å²) in [7, 11) is -3.43. The van der Waals surface area contributed by atoms with Gasteiger partial charge in [-0.3, -0.25) is 0 Å². The normalized spacial score (nSPS) is 11.8. The van der Waals surface area contributed by atoms with Crippen LogP contribution in [0.1, 0.15) is 15.4 Å². The molecule has 0 spiro atoms. The second kappa shape index (κ2) is 7.55. The third-order valence-electron chi connectivity index (χ3n) is 3.61. The predicted octanol–water partition coefficient (Wildman–Crippen LogP) is 4.66. The van der Waals surface area contributed by atoms with E-state index in [9.17, 15) is 8.42 Å². The van der Waals surface area contributed by atoms with E-state index in [4.69, 9.17) is 11.6 Å². The number of nitrogens with zero attached hydrogens (tertiary/aromatic N) is 1. The number of hydrogen-bond acceptors (Lipinski definition) is 5. The molecule has 3 aromatic rings. The Morgan fingerprint density at radius 3 is 2.44 bits per heavy atom. The van der Waals surface area contributed by atoms with E-state index in [1.807, 2.05) is 44.2 Å². The lowest BCUT2D eigenvalue weighted by molar-refractivity contribution is 0.584. The molecule has 0 amide bonds. The molecule has 0 aliphatic rings. The molecule has 0 saturated heterocycles. The quantitative estimate of drug-likeness (QED) is 0.640. The summed E-state index contributed by atoms with van der Waals surface area (Å²) in [4.78, 5) is 6.64. The van der Waals surface area contributed by atoms with Gasteiger partial charge in [-0.05, 0) is 44.5 Å². The largest absolute Gasteiger partial charge is 0.250 e. The Kier molecular flexibility index (Phi) is 5.60. The van der Waals surface area contributed by atoms with Crippen molar-refractivity contribution < 1.29 is 8.42 Å². The first-order valence-electron chi connectivity index (χ1n) is 7.63. The zero-order chi connectivity index (χ0) is 18.0. The van der Waals surface area contributed by atoms with Gasteiger partial charge >= 0.3 is 0 Å². The predicted molar refractivity (Wildman–Crippen MR) is 105 cm³/mol. The van der Waals surface area contributed by atoms with Crippen LogP contribution >= 0.6 is 34.3 Å². The third kappa shape index (κ3) is 4.48. The molecule has 8 heteroatoms. The van der Waals surface area contributed by atoms with Gasteiger partial charge in [-0.2, -0.15) is 0 Å². The summed E-state index contributed by atoms with van der Waals surface area (Å²) in [5.74, 6) is 0. The van der Waals surface area contributed by atoms with E-state index < -0.39 is 10.0 Å². The summed E-state index contributed by atoms with van der Waals surface area (Å²) in [6, 6.07) is 11.0. The molecule has 2 aromatic heterocycles. The maximum atomic E-state index is 12.3. The lowest BCUT2D eigenvalue weighted by Crippen LogP contribution is -2.25. The molecule has 3 rings (SSSR count). The minimum absolute atomic E-state index is 0.350. The number of nitrogens with one attached hydrogen (secondary N) is 1. The molecular weight excluding hydrogens is 396 g/mol. The van der Waals surface area contributed by atoms with Gasteiger partial charge in [-0.1, -0.05) is 23.7 Å². The molecule has 0 unspecified atom stereocenters. The lowest BCUT2D eigenvalue weighted by atomic mass is 10.2. The number of sulfonamides is 1. The summed E-state index contributed by atoms with van der Waals surface area (Å²) < 4.78 is 27.5. The Labute approximate surface area is 160 Å². The van der Waals surface area contributed by atoms with Gasteiger partial charge in [0.2, 0.25) is 10.0 Å². The molecule has 0 aliphatic carbocycles. The fourth-order valence-electron chi connectivity index (χ4n) is 2.30. The number of aryl methyl sites for hydroxylation is 2. The van der Waals surface area contributed by atoms with Gasteiger partial charge in [-0.15, -0.1) is 22.7 Å². The number of rotatable bonds is 6. The maximum Gasteiger partial charge on any atom is 0.250 e. The van der Waals surface area contributed by atoms with Crippen molar-refractivity contribution in [3.63, 3.8) is 0 Å². The van der Waals surface area contributed by atoms with Crippen molar-refractivity contribution >= 4 is 44.3 Å². The molecular formula is C17H17ClN2O2S3. The minimum Gasteiger partial charge on any atom is -0.241 e. The number of thiazole rings is 1. The van der Waals surface area contributed by atoms with Gasteiger partial charge < -0.3 is 0 Å². The third-order valence-corrected chi connectivity index (χ3v) is 8.08. The van der Waals surface area contributed by atoms with E-state index in [-0.39, 0.29) is 0 Å². The molecule has 0 aliphatic heterocycles. The lowest BCUT2D eigenvalue weighted by Gasteiger charge is -2.03. The number of aromatic nitrogens is 1. The number of hydrogen-bond donors (Lipinski definition) is 1. The van der Waals surface area contributed by atoms with E-state index in [0.717, 1.165) is 26.0 Å². The Morgan fingerprint density at radius 1 is 1.08 bits per heavy atom. The molecule has 2 heterocycles. The van der Waals surface area contributed by atoms with Crippen LogP contribution in [0, 0.1) is 13.8 Å². The number of thiophene rings is 1. The highest BCUT2D eigenvalue weighted by atomic mass is 35.5. The molecule has 0 atom stereocenters. The van der Waals surface area contributed by atoms with Crippen molar-refractivity contribution in [3.8, 4) is 10.6 Å². The molecule has 25 heavy (non-hydrogen) atoms. The Hall–Kier alpha value is -1.25. The van der Waals surface area contributed by atoms with Gasteiger partial charge in [0.05, 0.1) is 5.69 Å². The van der Waals surface area contributed by atoms with Gasteiger partial charge in [0, 0.05) is 26.9 Å². The Balaban J connectivity index is 1.67. The first-order valence-corrected chi connectivity index (χ1v) is 11.1. The molecule has 132 valence electrons. The first-order chi connectivity index (χ1) is 11.8. The Bertz CT molecular complexity index is 976. The highest BCUT2D eigenvalue weighted by Crippen LogP contribution is 2.29. The Morgan fingerprint density at radius 2 is 1.80 bits per heavy atom. The van der Waals surface area contributed by atoms with Crippen LogP contribution in [0.4, 0.5) is 0 Å².